The van der Waals surface area contributed by atoms with Crippen LogP contribution in [0.3, 0.4) is 0 Å². The maximum absolute atomic E-state index is 12.5. The fourth-order valence-electron chi connectivity index (χ4n) is 3.13. The molecule has 0 bridgehead atoms. The molecule has 1 unspecified atom stereocenters. The van der Waals surface area contributed by atoms with Crippen LogP contribution in [0.25, 0.3) is 17.1 Å². The predicted octanol–water partition coefficient (Wildman–Crippen LogP) is 1.91. The molecule has 0 radical (unpaired) electrons. The standard InChI is InChI=1S/C19H20N4O2/c24-18(23-11-3-6-17(23)19(25)22-13-7-8-13)10-9-14-12-20-15-4-1-2-5-16(15)21-14/h1-2,4-5,9-10,12-13,17H,3,6-8,11H2,(H,22,25)/b10-9+. The molecule has 1 saturated carbocycles. The SMILES string of the molecule is O=C(NC1CC1)C1CCCN1C(=O)/C=C/c1cnc2ccccc2n1. The molecule has 4 rings (SSSR count). The molecule has 2 amide bonds. The second-order valence-electron chi connectivity index (χ2n) is 6.59. The van der Waals surface area contributed by atoms with E-state index in [1.165, 1.54) is 6.08 Å². The maximum atomic E-state index is 12.5. The largest absolute Gasteiger partial charge is 0.352 e. The van der Waals surface area contributed by atoms with Crippen molar-refractivity contribution in [1.29, 1.82) is 0 Å². The van der Waals surface area contributed by atoms with E-state index < -0.39 is 0 Å². The van der Waals surface area contributed by atoms with Gasteiger partial charge in [-0.3, -0.25) is 14.6 Å². The van der Waals surface area contributed by atoms with Crippen LogP contribution in [-0.4, -0.2) is 45.3 Å². The fourth-order valence-corrected chi connectivity index (χ4v) is 3.13. The van der Waals surface area contributed by atoms with E-state index in [4.69, 9.17) is 0 Å². The molecular weight excluding hydrogens is 316 g/mol. The molecule has 25 heavy (non-hydrogen) atoms. The minimum atomic E-state index is -0.347. The Balaban J connectivity index is 1.45. The van der Waals surface area contributed by atoms with Gasteiger partial charge in [-0.05, 0) is 43.9 Å². The summed E-state index contributed by atoms with van der Waals surface area (Å²) in [5, 5.41) is 3.00. The highest BCUT2D eigenvalue weighted by molar-refractivity contribution is 5.96. The van der Waals surface area contributed by atoms with Gasteiger partial charge in [-0.2, -0.15) is 0 Å². The summed E-state index contributed by atoms with van der Waals surface area (Å²) in [6.45, 7) is 0.620. The van der Waals surface area contributed by atoms with Crippen LogP contribution >= 0.6 is 0 Å². The quantitative estimate of drug-likeness (QED) is 0.866. The lowest BCUT2D eigenvalue weighted by atomic mass is 10.2. The summed E-state index contributed by atoms with van der Waals surface area (Å²) in [4.78, 5) is 35.3. The van der Waals surface area contributed by atoms with E-state index in [1.807, 2.05) is 24.3 Å². The second kappa shape index (κ2) is 6.63. The van der Waals surface area contributed by atoms with Crippen LogP contribution in [0.4, 0.5) is 0 Å². The molecule has 1 saturated heterocycles. The minimum Gasteiger partial charge on any atom is -0.352 e. The topological polar surface area (TPSA) is 75.2 Å². The number of rotatable bonds is 4. The van der Waals surface area contributed by atoms with Crippen LogP contribution in [0, 0.1) is 0 Å². The molecule has 2 aromatic rings. The Morgan fingerprint density at radius 1 is 1.16 bits per heavy atom. The predicted molar refractivity (Wildman–Crippen MR) is 94.5 cm³/mol. The number of aromatic nitrogens is 2. The van der Waals surface area contributed by atoms with Gasteiger partial charge in [0, 0.05) is 18.7 Å². The van der Waals surface area contributed by atoms with Crippen LogP contribution in [0.1, 0.15) is 31.4 Å². The number of benzene rings is 1. The molecule has 1 aliphatic heterocycles. The first kappa shape index (κ1) is 15.7. The fraction of sp³-hybridized carbons (Fsp3) is 0.368. The summed E-state index contributed by atoms with van der Waals surface area (Å²) in [5.41, 5.74) is 2.24. The normalized spacial score (nSPS) is 20.3. The summed E-state index contributed by atoms with van der Waals surface area (Å²) in [6, 6.07) is 7.57. The molecule has 2 fully saturated rings. The van der Waals surface area contributed by atoms with E-state index >= 15 is 0 Å². The molecule has 1 aliphatic carbocycles. The van der Waals surface area contributed by atoms with Crippen LogP contribution in [-0.2, 0) is 9.59 Å². The van der Waals surface area contributed by atoms with E-state index in [9.17, 15) is 9.59 Å². The highest BCUT2D eigenvalue weighted by Crippen LogP contribution is 2.22. The van der Waals surface area contributed by atoms with Crippen molar-refractivity contribution < 1.29 is 9.59 Å². The Morgan fingerprint density at radius 3 is 2.76 bits per heavy atom. The third kappa shape index (κ3) is 3.52. The van der Waals surface area contributed by atoms with Crippen molar-refractivity contribution in [3.05, 3.63) is 42.2 Å². The van der Waals surface area contributed by atoms with E-state index in [0.717, 1.165) is 36.7 Å². The van der Waals surface area contributed by atoms with Crippen LogP contribution in [0.5, 0.6) is 0 Å². The molecule has 1 aromatic heterocycles. The number of hydrogen-bond donors (Lipinski definition) is 1. The van der Waals surface area contributed by atoms with Gasteiger partial charge >= 0.3 is 0 Å². The van der Waals surface area contributed by atoms with Crippen molar-refractivity contribution in [2.45, 2.75) is 37.8 Å². The van der Waals surface area contributed by atoms with Gasteiger partial charge in [-0.25, -0.2) is 4.98 Å². The third-order valence-corrected chi connectivity index (χ3v) is 4.63. The Bertz CT molecular complexity index is 844. The van der Waals surface area contributed by atoms with Crippen molar-refractivity contribution in [3.63, 3.8) is 0 Å². The Labute approximate surface area is 145 Å². The zero-order valence-electron chi connectivity index (χ0n) is 13.9. The van der Waals surface area contributed by atoms with Crippen molar-refractivity contribution in [3.8, 4) is 0 Å². The average molecular weight is 336 g/mol. The monoisotopic (exact) mass is 336 g/mol. The van der Waals surface area contributed by atoms with Gasteiger partial charge in [0.15, 0.2) is 0 Å². The Kier molecular flexibility index (Phi) is 4.17. The molecule has 2 heterocycles. The highest BCUT2D eigenvalue weighted by Gasteiger charge is 2.35. The van der Waals surface area contributed by atoms with Gasteiger partial charge in [-0.15, -0.1) is 0 Å². The van der Waals surface area contributed by atoms with Gasteiger partial charge in [0.25, 0.3) is 0 Å². The second-order valence-corrected chi connectivity index (χ2v) is 6.59. The number of nitrogens with zero attached hydrogens (tertiary/aromatic N) is 3. The number of likely N-dealkylation sites (tertiary alicyclic amines) is 1. The van der Waals surface area contributed by atoms with E-state index in [0.29, 0.717) is 18.3 Å². The zero-order valence-corrected chi connectivity index (χ0v) is 13.9. The highest BCUT2D eigenvalue weighted by atomic mass is 16.2. The van der Waals surface area contributed by atoms with E-state index in [1.54, 1.807) is 17.2 Å². The van der Waals surface area contributed by atoms with Crippen LogP contribution in [0.15, 0.2) is 36.5 Å². The lowest BCUT2D eigenvalue weighted by Crippen LogP contribution is -2.46. The lowest BCUT2D eigenvalue weighted by Gasteiger charge is -2.22. The van der Waals surface area contributed by atoms with Crippen LogP contribution < -0.4 is 5.32 Å². The Hall–Kier alpha value is -2.76. The molecule has 0 spiro atoms. The van der Waals surface area contributed by atoms with Crippen molar-refractivity contribution in [1.82, 2.24) is 20.2 Å². The van der Waals surface area contributed by atoms with Crippen molar-refractivity contribution in [2.24, 2.45) is 0 Å². The van der Waals surface area contributed by atoms with Crippen molar-refractivity contribution in [2.75, 3.05) is 6.54 Å². The number of carbonyl (C=O) groups is 2. The van der Waals surface area contributed by atoms with Crippen LogP contribution in [0.2, 0.25) is 0 Å². The first-order valence-corrected chi connectivity index (χ1v) is 8.71. The van der Waals surface area contributed by atoms with E-state index in [-0.39, 0.29) is 17.9 Å². The summed E-state index contributed by atoms with van der Waals surface area (Å²) in [6.07, 6.45) is 8.48. The number of para-hydroxylation sites is 2. The molecule has 1 atom stereocenters. The molecule has 128 valence electrons. The zero-order chi connectivity index (χ0) is 17.2. The molecule has 6 heteroatoms. The number of amides is 2. The summed E-state index contributed by atoms with van der Waals surface area (Å²) >= 11 is 0. The molecule has 6 nitrogen and oxygen atoms in total. The molecule has 1 aromatic carbocycles. The number of carbonyl (C=O) groups excluding carboxylic acids is 2. The average Bonchev–Trinajstić information content (AvgIpc) is 3.30. The summed E-state index contributed by atoms with van der Waals surface area (Å²) < 4.78 is 0. The number of nitrogens with one attached hydrogen (secondary N) is 1. The maximum Gasteiger partial charge on any atom is 0.247 e. The van der Waals surface area contributed by atoms with Gasteiger partial charge < -0.3 is 10.2 Å². The molecule has 1 N–H and O–H groups in total. The number of fused-ring (bicyclic) bond motifs is 1. The first-order chi connectivity index (χ1) is 12.2. The summed E-state index contributed by atoms with van der Waals surface area (Å²) in [5.74, 6) is -0.171. The van der Waals surface area contributed by atoms with Gasteiger partial charge in [0.2, 0.25) is 11.8 Å². The third-order valence-electron chi connectivity index (χ3n) is 4.63. The Morgan fingerprint density at radius 2 is 1.96 bits per heavy atom. The van der Waals surface area contributed by atoms with E-state index in [2.05, 4.69) is 15.3 Å². The van der Waals surface area contributed by atoms with Gasteiger partial charge in [-0.1, -0.05) is 12.1 Å². The smallest absolute Gasteiger partial charge is 0.247 e. The van der Waals surface area contributed by atoms with Gasteiger partial charge in [0.05, 0.1) is 22.9 Å². The minimum absolute atomic E-state index is 0.0211. The van der Waals surface area contributed by atoms with Gasteiger partial charge in [0.1, 0.15) is 6.04 Å². The molecule has 2 aliphatic rings. The molecular formula is C19H20N4O2. The lowest BCUT2D eigenvalue weighted by molar-refractivity contribution is -0.135. The first-order valence-electron chi connectivity index (χ1n) is 8.71. The van der Waals surface area contributed by atoms with Crippen molar-refractivity contribution >= 4 is 28.9 Å². The number of hydrogen-bond acceptors (Lipinski definition) is 4. The summed E-state index contributed by atoms with van der Waals surface area (Å²) in [7, 11) is 0.